The molecule has 2 rings (SSSR count). The Kier molecular flexibility index (Phi) is 4.25. The number of carbonyl (C=O) groups is 2. The molecule has 4 nitrogen and oxygen atoms in total. The standard InChI is InChI=1S/C16H16N2O2/c1-11-5-6-14(12(2)8-11)15(19)10-18-16(20)13-4-3-7-17-9-13/h3-9H,10H2,1-2H3,(H,18,20). The molecule has 0 aliphatic carbocycles. The molecule has 1 N–H and O–H groups in total. The number of rotatable bonds is 4. The van der Waals surface area contributed by atoms with Gasteiger partial charge in [0.1, 0.15) is 0 Å². The molecular weight excluding hydrogens is 252 g/mol. The maximum absolute atomic E-state index is 12.1. The van der Waals surface area contributed by atoms with Gasteiger partial charge >= 0.3 is 0 Å². The lowest BCUT2D eigenvalue weighted by Crippen LogP contribution is -2.29. The molecule has 0 saturated carbocycles. The molecule has 0 bridgehead atoms. The third kappa shape index (κ3) is 3.29. The second-order valence-electron chi connectivity index (χ2n) is 4.67. The van der Waals surface area contributed by atoms with E-state index in [2.05, 4.69) is 10.3 Å². The molecule has 0 atom stereocenters. The number of pyridine rings is 1. The summed E-state index contributed by atoms with van der Waals surface area (Å²) >= 11 is 0. The Morgan fingerprint density at radius 2 is 2.00 bits per heavy atom. The van der Waals surface area contributed by atoms with E-state index in [1.54, 1.807) is 24.4 Å². The monoisotopic (exact) mass is 268 g/mol. The van der Waals surface area contributed by atoms with Crippen LogP contribution in [0.3, 0.4) is 0 Å². The number of aryl methyl sites for hydroxylation is 2. The highest BCUT2D eigenvalue weighted by atomic mass is 16.2. The van der Waals surface area contributed by atoms with Gasteiger partial charge in [0.25, 0.3) is 5.91 Å². The summed E-state index contributed by atoms with van der Waals surface area (Å²) in [4.78, 5) is 27.8. The number of nitrogens with zero attached hydrogens (tertiary/aromatic N) is 1. The van der Waals surface area contributed by atoms with Crippen molar-refractivity contribution in [1.82, 2.24) is 10.3 Å². The van der Waals surface area contributed by atoms with Crippen molar-refractivity contribution < 1.29 is 9.59 Å². The lowest BCUT2D eigenvalue weighted by atomic mass is 10.0. The second-order valence-corrected chi connectivity index (χ2v) is 4.67. The van der Waals surface area contributed by atoms with Gasteiger partial charge < -0.3 is 5.32 Å². The summed E-state index contributed by atoms with van der Waals surface area (Å²) < 4.78 is 0. The minimum absolute atomic E-state index is 0.0162. The quantitative estimate of drug-likeness (QED) is 0.866. The number of aromatic nitrogens is 1. The van der Waals surface area contributed by atoms with Crippen LogP contribution in [0.5, 0.6) is 0 Å². The number of hydrogen-bond donors (Lipinski definition) is 1. The number of Topliss-reactive ketones (excluding diaryl/α,β-unsaturated/α-hetero) is 1. The average molecular weight is 268 g/mol. The molecule has 0 radical (unpaired) electrons. The normalized spacial score (nSPS) is 10.1. The van der Waals surface area contributed by atoms with Gasteiger partial charge in [-0.25, -0.2) is 0 Å². The Hall–Kier alpha value is -2.49. The van der Waals surface area contributed by atoms with E-state index in [9.17, 15) is 9.59 Å². The SMILES string of the molecule is Cc1ccc(C(=O)CNC(=O)c2cccnc2)c(C)c1. The number of hydrogen-bond acceptors (Lipinski definition) is 3. The Morgan fingerprint density at radius 1 is 1.20 bits per heavy atom. The zero-order valence-corrected chi connectivity index (χ0v) is 11.5. The summed E-state index contributed by atoms with van der Waals surface area (Å²) in [6.45, 7) is 3.85. The first-order valence-electron chi connectivity index (χ1n) is 6.36. The highest BCUT2D eigenvalue weighted by molar-refractivity contribution is 6.02. The van der Waals surface area contributed by atoms with Gasteiger partial charge in [-0.3, -0.25) is 14.6 Å². The molecule has 2 aromatic rings. The molecule has 0 unspecified atom stereocenters. The van der Waals surface area contributed by atoms with Gasteiger partial charge in [-0.1, -0.05) is 23.8 Å². The summed E-state index contributed by atoms with van der Waals surface area (Å²) in [5.74, 6) is -0.393. The van der Waals surface area contributed by atoms with E-state index in [1.165, 1.54) is 6.20 Å². The van der Waals surface area contributed by atoms with Crippen molar-refractivity contribution in [1.29, 1.82) is 0 Å². The largest absolute Gasteiger partial charge is 0.345 e. The molecule has 1 aromatic heterocycles. The lowest BCUT2D eigenvalue weighted by molar-refractivity contribution is 0.0903. The molecule has 1 aromatic carbocycles. The van der Waals surface area contributed by atoms with Crippen LogP contribution in [0.25, 0.3) is 0 Å². The van der Waals surface area contributed by atoms with Crippen molar-refractivity contribution in [3.8, 4) is 0 Å². The number of ketones is 1. The molecule has 102 valence electrons. The van der Waals surface area contributed by atoms with Crippen molar-refractivity contribution in [3.63, 3.8) is 0 Å². The fourth-order valence-electron chi connectivity index (χ4n) is 1.98. The molecular formula is C16H16N2O2. The predicted octanol–water partition coefficient (Wildman–Crippen LogP) is 2.31. The van der Waals surface area contributed by atoms with E-state index in [0.717, 1.165) is 11.1 Å². The molecule has 20 heavy (non-hydrogen) atoms. The van der Waals surface area contributed by atoms with Crippen LogP contribution in [0, 0.1) is 13.8 Å². The van der Waals surface area contributed by atoms with E-state index in [4.69, 9.17) is 0 Å². The average Bonchev–Trinajstić information content (AvgIpc) is 2.45. The highest BCUT2D eigenvalue weighted by Gasteiger charge is 2.11. The summed E-state index contributed by atoms with van der Waals surface area (Å²) in [6, 6.07) is 8.98. The third-order valence-corrected chi connectivity index (χ3v) is 3.02. The molecule has 0 fully saturated rings. The summed E-state index contributed by atoms with van der Waals surface area (Å²) in [7, 11) is 0. The predicted molar refractivity (Wildman–Crippen MR) is 76.8 cm³/mol. The van der Waals surface area contributed by atoms with Crippen molar-refractivity contribution >= 4 is 11.7 Å². The van der Waals surface area contributed by atoms with Crippen molar-refractivity contribution in [2.45, 2.75) is 13.8 Å². The topological polar surface area (TPSA) is 59.1 Å². The molecule has 0 aliphatic rings. The zero-order valence-electron chi connectivity index (χ0n) is 11.5. The third-order valence-electron chi connectivity index (χ3n) is 3.02. The van der Waals surface area contributed by atoms with Crippen LogP contribution in [0.1, 0.15) is 31.8 Å². The van der Waals surface area contributed by atoms with Crippen LogP contribution in [0.2, 0.25) is 0 Å². The smallest absolute Gasteiger partial charge is 0.253 e. The minimum Gasteiger partial charge on any atom is -0.345 e. The van der Waals surface area contributed by atoms with E-state index in [0.29, 0.717) is 11.1 Å². The van der Waals surface area contributed by atoms with E-state index < -0.39 is 0 Å². The van der Waals surface area contributed by atoms with Crippen LogP contribution >= 0.6 is 0 Å². The maximum atomic E-state index is 12.1. The number of carbonyl (C=O) groups excluding carboxylic acids is 2. The fourth-order valence-corrected chi connectivity index (χ4v) is 1.98. The van der Waals surface area contributed by atoms with E-state index in [-0.39, 0.29) is 18.2 Å². The highest BCUT2D eigenvalue weighted by Crippen LogP contribution is 2.11. The first kappa shape index (κ1) is 13.9. The maximum Gasteiger partial charge on any atom is 0.253 e. The van der Waals surface area contributed by atoms with Gasteiger partial charge in [0.2, 0.25) is 0 Å². The Morgan fingerprint density at radius 3 is 2.65 bits per heavy atom. The van der Waals surface area contributed by atoms with Crippen molar-refractivity contribution in [2.75, 3.05) is 6.54 Å². The van der Waals surface area contributed by atoms with Gasteiger partial charge in [0.15, 0.2) is 5.78 Å². The first-order valence-corrected chi connectivity index (χ1v) is 6.36. The molecule has 4 heteroatoms. The van der Waals surface area contributed by atoms with Gasteiger partial charge in [-0.2, -0.15) is 0 Å². The Labute approximate surface area is 117 Å². The van der Waals surface area contributed by atoms with E-state index >= 15 is 0 Å². The summed E-state index contributed by atoms with van der Waals surface area (Å²) in [5.41, 5.74) is 3.12. The zero-order chi connectivity index (χ0) is 14.5. The fraction of sp³-hybridized carbons (Fsp3) is 0.188. The van der Waals surface area contributed by atoms with Crippen LogP contribution < -0.4 is 5.32 Å². The number of benzene rings is 1. The molecule has 1 amide bonds. The number of amides is 1. The first-order chi connectivity index (χ1) is 9.58. The second kappa shape index (κ2) is 6.10. The van der Waals surface area contributed by atoms with Crippen LogP contribution in [0.15, 0.2) is 42.7 Å². The van der Waals surface area contributed by atoms with E-state index in [1.807, 2.05) is 26.0 Å². The van der Waals surface area contributed by atoms with Gasteiger partial charge in [0.05, 0.1) is 12.1 Å². The summed E-state index contributed by atoms with van der Waals surface area (Å²) in [6.07, 6.45) is 3.06. The van der Waals surface area contributed by atoms with Crippen LogP contribution in [-0.2, 0) is 0 Å². The molecule has 0 saturated heterocycles. The lowest BCUT2D eigenvalue weighted by Gasteiger charge is -2.07. The van der Waals surface area contributed by atoms with Crippen LogP contribution in [0.4, 0.5) is 0 Å². The molecule has 0 aliphatic heterocycles. The summed E-state index contributed by atoms with van der Waals surface area (Å²) in [5, 5.41) is 2.61. The Balaban J connectivity index is 2.00. The van der Waals surface area contributed by atoms with Crippen molar-refractivity contribution in [2.24, 2.45) is 0 Å². The molecule has 0 spiro atoms. The van der Waals surface area contributed by atoms with Crippen LogP contribution in [-0.4, -0.2) is 23.2 Å². The van der Waals surface area contributed by atoms with Gasteiger partial charge in [-0.15, -0.1) is 0 Å². The molecule has 1 heterocycles. The number of nitrogens with one attached hydrogen (secondary N) is 1. The van der Waals surface area contributed by atoms with Crippen molar-refractivity contribution in [3.05, 3.63) is 65.0 Å². The Bertz CT molecular complexity index is 636. The van der Waals surface area contributed by atoms with Gasteiger partial charge in [-0.05, 0) is 31.5 Å². The minimum atomic E-state index is -0.295. The van der Waals surface area contributed by atoms with Gasteiger partial charge in [0, 0.05) is 18.0 Å².